The molecule has 13 heteroatoms. The lowest BCUT2D eigenvalue weighted by atomic mass is 9.68. The second-order valence-electron chi connectivity index (χ2n) is 10.8. The number of benzene rings is 1. The van der Waals surface area contributed by atoms with Gasteiger partial charge in [0, 0.05) is 39.5 Å². The van der Waals surface area contributed by atoms with Crippen LogP contribution in [-0.2, 0) is 37.7 Å². The number of carbonyl (C=O) groups is 4. The molecular weight excluding hydrogens is 525 g/mol. The molecule has 3 N–H and O–H groups in total. The van der Waals surface area contributed by atoms with Crippen LogP contribution in [0.1, 0.15) is 60.0 Å². The van der Waals surface area contributed by atoms with Crippen molar-refractivity contribution in [3.8, 4) is 5.75 Å². The number of ether oxygens (including phenoxy) is 1. The van der Waals surface area contributed by atoms with Crippen LogP contribution in [0.25, 0.3) is 0 Å². The van der Waals surface area contributed by atoms with Crippen LogP contribution in [0.15, 0.2) is 23.0 Å². The Bertz CT molecular complexity index is 1440. The summed E-state index contributed by atoms with van der Waals surface area (Å²) in [4.78, 5) is 69.0. The van der Waals surface area contributed by atoms with Gasteiger partial charge in [-0.3, -0.25) is 28.5 Å². The first kappa shape index (κ1) is 28.7. The van der Waals surface area contributed by atoms with E-state index in [1.54, 1.807) is 13.0 Å². The Morgan fingerprint density at radius 1 is 1.18 bits per heavy atom. The molecule has 0 radical (unpaired) electrons. The van der Waals surface area contributed by atoms with E-state index >= 15 is 0 Å². The summed E-state index contributed by atoms with van der Waals surface area (Å²) in [6.45, 7) is 2.86. The van der Waals surface area contributed by atoms with Gasteiger partial charge in [-0.25, -0.2) is 9.37 Å². The van der Waals surface area contributed by atoms with Gasteiger partial charge in [0.1, 0.15) is 11.6 Å². The van der Waals surface area contributed by atoms with Gasteiger partial charge < -0.3 is 25.4 Å². The highest BCUT2D eigenvalue weighted by molar-refractivity contribution is 6.35. The molecule has 12 nitrogen and oxygen atoms in total. The van der Waals surface area contributed by atoms with E-state index < -0.39 is 57.5 Å². The Morgan fingerprint density at radius 2 is 1.85 bits per heavy atom. The van der Waals surface area contributed by atoms with Crippen molar-refractivity contribution in [3.63, 3.8) is 0 Å². The maximum absolute atomic E-state index is 13.6. The third-order valence-corrected chi connectivity index (χ3v) is 7.66. The van der Waals surface area contributed by atoms with Crippen molar-refractivity contribution < 1.29 is 33.4 Å². The minimum atomic E-state index is -1.30. The quantitative estimate of drug-likeness (QED) is 0.348. The average Bonchev–Trinajstić information content (AvgIpc) is 3.13. The number of nitrogens with one attached hydrogen (secondary N) is 2. The highest BCUT2D eigenvalue weighted by atomic mass is 19.1. The number of aromatic hydroxyl groups is 1. The van der Waals surface area contributed by atoms with Crippen LogP contribution in [0.2, 0.25) is 0 Å². The Hall–Kier alpha value is -4.29. The third kappa shape index (κ3) is 5.40. The zero-order valence-corrected chi connectivity index (χ0v) is 22.8. The standard InChI is InChI=1S/C27H32FN5O7/c1-15-11-17(5-6-18(15)28)12-29-21(36)19-20(35)23(38)33-13-26(14-40-16(2)34)7-9-27(10-8-26,25(33)30-19)31-22(37)24(39)32(3)4/h5-6,11,35H,7-10,12-14H2,1-4H3,(H,29,36)(H,31,37). The topological polar surface area (TPSA) is 160 Å². The van der Waals surface area contributed by atoms with Gasteiger partial charge in [0.25, 0.3) is 11.5 Å². The van der Waals surface area contributed by atoms with Gasteiger partial charge in [0.05, 0.1) is 12.1 Å². The summed E-state index contributed by atoms with van der Waals surface area (Å²) >= 11 is 0. The van der Waals surface area contributed by atoms with Gasteiger partial charge in [0.15, 0.2) is 5.69 Å². The molecule has 3 amide bonds. The van der Waals surface area contributed by atoms with Crippen LogP contribution in [-0.4, -0.2) is 64.0 Å². The van der Waals surface area contributed by atoms with E-state index in [1.165, 1.54) is 37.7 Å². The zero-order chi connectivity index (χ0) is 29.4. The zero-order valence-electron chi connectivity index (χ0n) is 22.8. The summed E-state index contributed by atoms with van der Waals surface area (Å²) in [5.74, 6) is -4.31. The van der Waals surface area contributed by atoms with Gasteiger partial charge in [0.2, 0.25) is 5.75 Å². The lowest BCUT2D eigenvalue weighted by molar-refractivity contribution is -0.147. The number of fused-ring (bicyclic) bond motifs is 2. The molecule has 0 unspecified atom stereocenters. The molecule has 1 aliphatic carbocycles. The smallest absolute Gasteiger partial charge is 0.311 e. The second-order valence-corrected chi connectivity index (χ2v) is 10.8. The normalized spacial score (nSPS) is 21.1. The van der Waals surface area contributed by atoms with Crippen molar-refractivity contribution in [1.29, 1.82) is 0 Å². The van der Waals surface area contributed by atoms with Crippen LogP contribution in [0, 0.1) is 18.2 Å². The van der Waals surface area contributed by atoms with Gasteiger partial charge in [-0.15, -0.1) is 0 Å². The van der Waals surface area contributed by atoms with Crippen molar-refractivity contribution >= 4 is 23.7 Å². The lowest BCUT2D eigenvalue weighted by Gasteiger charge is -2.41. The molecule has 40 heavy (non-hydrogen) atoms. The molecular formula is C27H32FN5O7. The number of aryl methyl sites for hydroxylation is 1. The van der Waals surface area contributed by atoms with E-state index in [0.29, 0.717) is 24.0 Å². The van der Waals surface area contributed by atoms with Crippen LogP contribution in [0.3, 0.4) is 0 Å². The van der Waals surface area contributed by atoms with Crippen LogP contribution < -0.4 is 16.2 Å². The molecule has 2 aromatic rings. The minimum Gasteiger partial charge on any atom is -0.501 e. The molecule has 0 atom stereocenters. The van der Waals surface area contributed by atoms with Gasteiger partial charge >= 0.3 is 17.8 Å². The molecule has 2 bridgehead atoms. The first-order valence-corrected chi connectivity index (χ1v) is 12.8. The Kier molecular flexibility index (Phi) is 7.68. The maximum Gasteiger partial charge on any atom is 0.311 e. The van der Waals surface area contributed by atoms with Gasteiger partial charge in [-0.1, -0.05) is 12.1 Å². The first-order chi connectivity index (χ1) is 18.8. The van der Waals surface area contributed by atoms with Crippen molar-refractivity contribution in [2.45, 2.75) is 58.2 Å². The molecule has 3 heterocycles. The molecule has 1 saturated carbocycles. The van der Waals surface area contributed by atoms with E-state index in [1.807, 2.05) is 0 Å². The number of amides is 3. The second kappa shape index (κ2) is 10.7. The molecule has 214 valence electrons. The van der Waals surface area contributed by atoms with Gasteiger partial charge in [-0.2, -0.15) is 0 Å². The molecule has 5 rings (SSSR count). The number of nitrogens with zero attached hydrogens (tertiary/aromatic N) is 3. The number of aromatic nitrogens is 2. The Balaban J connectivity index is 1.75. The van der Waals surface area contributed by atoms with Crippen molar-refractivity contribution in [3.05, 3.63) is 57.0 Å². The third-order valence-electron chi connectivity index (χ3n) is 7.66. The fraction of sp³-hybridized carbons (Fsp3) is 0.481. The number of halogens is 1. The molecule has 0 spiro atoms. The van der Waals surface area contributed by atoms with Crippen LogP contribution in [0.5, 0.6) is 5.75 Å². The molecule has 3 aliphatic rings. The first-order valence-electron chi connectivity index (χ1n) is 12.8. The van der Waals surface area contributed by atoms with Crippen LogP contribution >= 0.6 is 0 Å². The molecule has 0 saturated heterocycles. The molecule has 2 aliphatic heterocycles. The predicted molar refractivity (Wildman–Crippen MR) is 139 cm³/mol. The summed E-state index contributed by atoms with van der Waals surface area (Å²) in [5, 5.41) is 16.1. The monoisotopic (exact) mass is 557 g/mol. The van der Waals surface area contributed by atoms with E-state index in [-0.39, 0.29) is 38.4 Å². The highest BCUT2D eigenvalue weighted by Crippen LogP contribution is 2.49. The van der Waals surface area contributed by atoms with Crippen molar-refractivity contribution in [2.24, 2.45) is 5.41 Å². The number of hydrogen-bond donors (Lipinski definition) is 3. The fourth-order valence-electron chi connectivity index (χ4n) is 5.32. The SMILES string of the molecule is CC(=O)OCC12CCC(NC(=O)C(=O)N(C)C)(CC1)c1nc(C(=O)NCc3ccc(F)c(C)c3)c(O)c(=O)n1C2. The fourth-order valence-corrected chi connectivity index (χ4v) is 5.32. The van der Waals surface area contributed by atoms with Crippen molar-refractivity contribution in [1.82, 2.24) is 25.1 Å². The number of esters is 1. The number of likely N-dealkylation sites (N-methyl/N-ethyl adjacent to an activating group) is 1. The predicted octanol–water partition coefficient (Wildman–Crippen LogP) is 0.863. The number of rotatable bonds is 6. The van der Waals surface area contributed by atoms with Crippen molar-refractivity contribution in [2.75, 3.05) is 20.7 Å². The minimum absolute atomic E-state index is 0.00888. The molecule has 1 aromatic heterocycles. The summed E-state index contributed by atoms with van der Waals surface area (Å²) in [5.41, 5.74) is -2.44. The molecule has 1 aromatic carbocycles. The summed E-state index contributed by atoms with van der Waals surface area (Å²) < 4.78 is 20.1. The van der Waals surface area contributed by atoms with Crippen LogP contribution in [0.4, 0.5) is 4.39 Å². The Morgan fingerprint density at radius 3 is 2.45 bits per heavy atom. The van der Waals surface area contributed by atoms with E-state index in [0.717, 1.165) is 4.90 Å². The lowest BCUT2D eigenvalue weighted by Crippen LogP contribution is -2.54. The van der Waals surface area contributed by atoms with Gasteiger partial charge in [-0.05, 0) is 49.8 Å². The average molecular weight is 558 g/mol. The molecule has 1 fully saturated rings. The summed E-state index contributed by atoms with van der Waals surface area (Å²) in [6.07, 6.45) is 1.30. The Labute approximate surface area is 229 Å². The maximum atomic E-state index is 13.6. The summed E-state index contributed by atoms with van der Waals surface area (Å²) in [6, 6.07) is 4.32. The summed E-state index contributed by atoms with van der Waals surface area (Å²) in [7, 11) is 2.86. The van der Waals surface area contributed by atoms with E-state index in [4.69, 9.17) is 4.74 Å². The number of hydrogen-bond acceptors (Lipinski definition) is 8. The largest absolute Gasteiger partial charge is 0.501 e. The van der Waals surface area contributed by atoms with E-state index in [2.05, 4.69) is 15.6 Å². The highest BCUT2D eigenvalue weighted by Gasteiger charge is 2.52. The van der Waals surface area contributed by atoms with E-state index in [9.17, 15) is 33.5 Å². The number of carbonyl (C=O) groups excluding carboxylic acids is 4.